The molecule has 0 unspecified atom stereocenters. The fourth-order valence-corrected chi connectivity index (χ4v) is 3.12. The lowest BCUT2D eigenvalue weighted by molar-refractivity contribution is -0.117. The van der Waals surface area contributed by atoms with Crippen molar-refractivity contribution in [3.05, 3.63) is 30.1 Å². The van der Waals surface area contributed by atoms with Crippen molar-refractivity contribution in [2.45, 2.75) is 59.4 Å². The minimum absolute atomic E-state index is 0.0218. The largest absolute Gasteiger partial charge is 0.326 e. The minimum Gasteiger partial charge on any atom is -0.326 e. The van der Waals surface area contributed by atoms with Crippen LogP contribution >= 0.6 is 0 Å². The fraction of sp³-hybridized carbons (Fsp3) is 0.526. The van der Waals surface area contributed by atoms with E-state index in [2.05, 4.69) is 40.9 Å². The standard InChI is InChI=1S/C19H26N4O/c1-19(2,3)13-17(24)20-15-9-7-8-14(12-15)18-22-21-16-10-5-4-6-11-23(16)18/h7-9,12H,4-6,10-11,13H2,1-3H3,(H,20,24). The summed E-state index contributed by atoms with van der Waals surface area (Å²) in [5.74, 6) is 2.02. The molecule has 0 fully saturated rings. The van der Waals surface area contributed by atoms with E-state index >= 15 is 0 Å². The number of aromatic nitrogens is 3. The molecule has 0 bridgehead atoms. The predicted molar refractivity (Wildman–Crippen MR) is 95.7 cm³/mol. The van der Waals surface area contributed by atoms with Crippen LogP contribution in [-0.2, 0) is 17.8 Å². The molecule has 0 radical (unpaired) electrons. The number of carbonyl (C=O) groups excluding carboxylic acids is 1. The first kappa shape index (κ1) is 16.7. The van der Waals surface area contributed by atoms with Gasteiger partial charge in [0, 0.05) is 30.6 Å². The molecule has 1 aliphatic rings. The van der Waals surface area contributed by atoms with Gasteiger partial charge in [-0.2, -0.15) is 0 Å². The van der Waals surface area contributed by atoms with Gasteiger partial charge >= 0.3 is 0 Å². The molecule has 5 nitrogen and oxygen atoms in total. The van der Waals surface area contributed by atoms with E-state index in [0.717, 1.165) is 35.9 Å². The van der Waals surface area contributed by atoms with Crippen LogP contribution in [0.2, 0.25) is 0 Å². The van der Waals surface area contributed by atoms with Gasteiger partial charge in [-0.1, -0.05) is 39.3 Å². The molecule has 0 saturated carbocycles. The van der Waals surface area contributed by atoms with Gasteiger partial charge in [-0.05, 0) is 30.4 Å². The Morgan fingerprint density at radius 1 is 1.21 bits per heavy atom. The molecule has 128 valence electrons. The van der Waals surface area contributed by atoms with E-state index in [4.69, 9.17) is 0 Å². The highest BCUT2D eigenvalue weighted by Gasteiger charge is 2.18. The van der Waals surface area contributed by atoms with Crippen LogP contribution in [0, 0.1) is 5.41 Å². The Kier molecular flexibility index (Phi) is 4.69. The van der Waals surface area contributed by atoms with Crippen LogP contribution < -0.4 is 5.32 Å². The molecule has 24 heavy (non-hydrogen) atoms. The molecule has 2 heterocycles. The van der Waals surface area contributed by atoms with E-state index in [-0.39, 0.29) is 11.3 Å². The Bertz CT molecular complexity index is 727. The summed E-state index contributed by atoms with van der Waals surface area (Å²) in [6, 6.07) is 7.90. The van der Waals surface area contributed by atoms with E-state index < -0.39 is 0 Å². The molecule has 1 N–H and O–H groups in total. The van der Waals surface area contributed by atoms with E-state index in [1.54, 1.807) is 0 Å². The number of aryl methyl sites for hydroxylation is 1. The molecule has 3 rings (SSSR count). The first-order valence-corrected chi connectivity index (χ1v) is 8.75. The van der Waals surface area contributed by atoms with Gasteiger partial charge in [0.2, 0.25) is 5.91 Å². The van der Waals surface area contributed by atoms with Gasteiger partial charge in [-0.15, -0.1) is 10.2 Å². The maximum atomic E-state index is 12.2. The van der Waals surface area contributed by atoms with Crippen molar-refractivity contribution in [3.8, 4) is 11.4 Å². The van der Waals surface area contributed by atoms with Crippen LogP contribution in [-0.4, -0.2) is 20.7 Å². The Labute approximate surface area is 143 Å². The van der Waals surface area contributed by atoms with Gasteiger partial charge < -0.3 is 9.88 Å². The lowest BCUT2D eigenvalue weighted by Crippen LogP contribution is -2.19. The van der Waals surface area contributed by atoms with Crippen LogP contribution in [0.15, 0.2) is 24.3 Å². The quantitative estimate of drug-likeness (QED) is 0.926. The second-order valence-electron chi connectivity index (χ2n) is 7.77. The Hall–Kier alpha value is -2.17. The summed E-state index contributed by atoms with van der Waals surface area (Å²) < 4.78 is 2.23. The zero-order valence-corrected chi connectivity index (χ0v) is 14.8. The maximum Gasteiger partial charge on any atom is 0.224 e. The first-order valence-electron chi connectivity index (χ1n) is 8.75. The highest BCUT2D eigenvalue weighted by atomic mass is 16.1. The van der Waals surface area contributed by atoms with Crippen LogP contribution in [0.25, 0.3) is 11.4 Å². The van der Waals surface area contributed by atoms with Gasteiger partial charge in [0.15, 0.2) is 5.82 Å². The van der Waals surface area contributed by atoms with Gasteiger partial charge in [-0.3, -0.25) is 4.79 Å². The Balaban J connectivity index is 1.81. The van der Waals surface area contributed by atoms with E-state index in [0.29, 0.717) is 6.42 Å². The average molecular weight is 326 g/mol. The molecular formula is C19H26N4O. The van der Waals surface area contributed by atoms with Gasteiger partial charge in [0.25, 0.3) is 0 Å². The van der Waals surface area contributed by atoms with Crippen LogP contribution in [0.4, 0.5) is 5.69 Å². The van der Waals surface area contributed by atoms with Crippen molar-refractivity contribution in [3.63, 3.8) is 0 Å². The minimum atomic E-state index is -0.0218. The second-order valence-corrected chi connectivity index (χ2v) is 7.77. The predicted octanol–water partition coefficient (Wildman–Crippen LogP) is 4.05. The van der Waals surface area contributed by atoms with Crippen molar-refractivity contribution in [2.75, 3.05) is 5.32 Å². The Morgan fingerprint density at radius 2 is 2.04 bits per heavy atom. The molecular weight excluding hydrogens is 300 g/mol. The topological polar surface area (TPSA) is 59.8 Å². The third-order valence-corrected chi connectivity index (χ3v) is 4.20. The molecule has 0 saturated heterocycles. The molecule has 0 spiro atoms. The number of rotatable bonds is 3. The molecule has 0 aliphatic carbocycles. The molecule has 1 aromatic heterocycles. The number of hydrogen-bond acceptors (Lipinski definition) is 3. The van der Waals surface area contributed by atoms with Crippen molar-refractivity contribution in [2.24, 2.45) is 5.41 Å². The van der Waals surface area contributed by atoms with Gasteiger partial charge in [0.1, 0.15) is 5.82 Å². The lowest BCUT2D eigenvalue weighted by Gasteiger charge is -2.17. The normalized spacial score (nSPS) is 14.8. The van der Waals surface area contributed by atoms with Crippen molar-refractivity contribution < 1.29 is 4.79 Å². The van der Waals surface area contributed by atoms with Crippen LogP contribution in [0.3, 0.4) is 0 Å². The van der Waals surface area contributed by atoms with Gasteiger partial charge in [0.05, 0.1) is 0 Å². The zero-order valence-electron chi connectivity index (χ0n) is 14.8. The molecule has 0 atom stereocenters. The monoisotopic (exact) mass is 326 g/mol. The van der Waals surface area contributed by atoms with Gasteiger partial charge in [-0.25, -0.2) is 0 Å². The van der Waals surface area contributed by atoms with Crippen molar-refractivity contribution in [1.82, 2.24) is 14.8 Å². The Morgan fingerprint density at radius 3 is 2.83 bits per heavy atom. The SMILES string of the molecule is CC(C)(C)CC(=O)Nc1cccc(-c2nnc3n2CCCCC3)c1. The number of nitrogens with one attached hydrogen (secondary N) is 1. The highest BCUT2D eigenvalue weighted by molar-refractivity contribution is 5.91. The van der Waals surface area contributed by atoms with E-state index in [1.807, 2.05) is 24.3 Å². The number of fused-ring (bicyclic) bond motifs is 1. The third kappa shape index (κ3) is 4.02. The number of hydrogen-bond donors (Lipinski definition) is 1. The van der Waals surface area contributed by atoms with Crippen molar-refractivity contribution >= 4 is 11.6 Å². The van der Waals surface area contributed by atoms with Crippen molar-refractivity contribution in [1.29, 1.82) is 0 Å². The second kappa shape index (κ2) is 6.75. The summed E-state index contributed by atoms with van der Waals surface area (Å²) in [5.41, 5.74) is 1.79. The highest BCUT2D eigenvalue weighted by Crippen LogP contribution is 2.25. The summed E-state index contributed by atoms with van der Waals surface area (Å²) in [4.78, 5) is 12.2. The summed E-state index contributed by atoms with van der Waals surface area (Å²) in [6.45, 7) is 7.16. The smallest absolute Gasteiger partial charge is 0.224 e. The first-order chi connectivity index (χ1) is 11.4. The average Bonchev–Trinajstić information content (AvgIpc) is 2.74. The molecule has 1 aromatic carbocycles. The summed E-state index contributed by atoms with van der Waals surface area (Å²) in [5, 5.41) is 11.7. The fourth-order valence-electron chi connectivity index (χ4n) is 3.12. The number of anilines is 1. The maximum absolute atomic E-state index is 12.2. The molecule has 2 aromatic rings. The lowest BCUT2D eigenvalue weighted by atomic mass is 9.92. The van der Waals surface area contributed by atoms with Crippen LogP contribution in [0.5, 0.6) is 0 Å². The summed E-state index contributed by atoms with van der Waals surface area (Å²) in [7, 11) is 0. The molecule has 5 heteroatoms. The molecule has 1 aliphatic heterocycles. The number of nitrogens with zero attached hydrogens (tertiary/aromatic N) is 3. The van der Waals surface area contributed by atoms with E-state index in [9.17, 15) is 4.79 Å². The third-order valence-electron chi connectivity index (χ3n) is 4.20. The van der Waals surface area contributed by atoms with E-state index in [1.165, 1.54) is 19.3 Å². The number of benzene rings is 1. The number of amides is 1. The number of carbonyl (C=O) groups is 1. The van der Waals surface area contributed by atoms with Crippen LogP contribution in [0.1, 0.15) is 52.3 Å². The summed E-state index contributed by atoms with van der Waals surface area (Å²) >= 11 is 0. The zero-order chi connectivity index (χ0) is 17.2. The summed E-state index contributed by atoms with van der Waals surface area (Å²) in [6.07, 6.45) is 5.08. The molecule has 1 amide bonds.